The Labute approximate surface area is 149 Å². The Morgan fingerprint density at radius 3 is 2.67 bits per heavy atom. The van der Waals surface area contributed by atoms with Gasteiger partial charge in [-0.2, -0.15) is 11.8 Å². The van der Waals surface area contributed by atoms with Crippen LogP contribution in [0.15, 0.2) is 23.2 Å². The molecule has 1 aromatic rings. The third kappa shape index (κ3) is 5.82. The lowest BCUT2D eigenvalue weighted by molar-refractivity contribution is 0.297. The second-order valence-electron chi connectivity index (χ2n) is 6.34. The Hall–Kier alpha value is -1.56. The standard InChI is InChI=1S/C18H29N3O2S/c1-5-19-17(21-13-18(2,3)24-4)20-12-14-7-8-15-16(11-14)23-10-6-9-22-15/h7-8,11H,5-6,9-10,12-13H2,1-4H3,(H2,19,20,21). The van der Waals surface area contributed by atoms with Gasteiger partial charge in [-0.25, -0.2) is 4.99 Å². The summed E-state index contributed by atoms with van der Waals surface area (Å²) in [6, 6.07) is 6.05. The number of nitrogens with one attached hydrogen (secondary N) is 2. The Morgan fingerprint density at radius 2 is 1.96 bits per heavy atom. The number of ether oxygens (including phenoxy) is 2. The normalized spacial score (nSPS) is 14.9. The lowest BCUT2D eigenvalue weighted by Crippen LogP contribution is -2.43. The first-order valence-corrected chi connectivity index (χ1v) is 9.72. The Bertz CT molecular complexity index is 561. The molecule has 0 amide bonds. The van der Waals surface area contributed by atoms with Crippen molar-refractivity contribution in [2.75, 3.05) is 32.6 Å². The fourth-order valence-corrected chi connectivity index (χ4v) is 2.40. The van der Waals surface area contributed by atoms with Crippen LogP contribution in [0, 0.1) is 0 Å². The molecule has 0 radical (unpaired) electrons. The van der Waals surface area contributed by atoms with E-state index in [-0.39, 0.29) is 4.75 Å². The molecular formula is C18H29N3O2S. The van der Waals surface area contributed by atoms with Gasteiger partial charge < -0.3 is 20.1 Å². The maximum Gasteiger partial charge on any atom is 0.191 e. The molecule has 134 valence electrons. The van der Waals surface area contributed by atoms with Crippen LogP contribution in [0.4, 0.5) is 0 Å². The number of hydrogen-bond donors (Lipinski definition) is 2. The molecule has 6 heteroatoms. The van der Waals surface area contributed by atoms with Crippen molar-refractivity contribution in [3.63, 3.8) is 0 Å². The van der Waals surface area contributed by atoms with Crippen LogP contribution in [0.5, 0.6) is 11.5 Å². The van der Waals surface area contributed by atoms with Crippen molar-refractivity contribution in [2.24, 2.45) is 4.99 Å². The molecule has 0 atom stereocenters. The third-order valence-corrected chi connectivity index (χ3v) is 5.06. The minimum atomic E-state index is 0.172. The Morgan fingerprint density at radius 1 is 1.21 bits per heavy atom. The number of aliphatic imine (C=N–C) groups is 1. The van der Waals surface area contributed by atoms with Crippen molar-refractivity contribution in [1.82, 2.24) is 10.6 Å². The summed E-state index contributed by atoms with van der Waals surface area (Å²) in [6.45, 7) is 10.2. The van der Waals surface area contributed by atoms with Gasteiger partial charge in [-0.15, -0.1) is 0 Å². The molecule has 24 heavy (non-hydrogen) atoms. The lowest BCUT2D eigenvalue weighted by Gasteiger charge is -2.23. The van der Waals surface area contributed by atoms with Crippen LogP contribution in [0.3, 0.4) is 0 Å². The fraction of sp³-hybridized carbons (Fsp3) is 0.611. The maximum atomic E-state index is 5.74. The van der Waals surface area contributed by atoms with Crippen molar-refractivity contribution >= 4 is 17.7 Å². The number of hydrogen-bond acceptors (Lipinski definition) is 4. The van der Waals surface area contributed by atoms with Gasteiger partial charge in [-0.05, 0) is 44.7 Å². The second kappa shape index (κ2) is 9.06. The van der Waals surface area contributed by atoms with Gasteiger partial charge >= 0.3 is 0 Å². The number of benzene rings is 1. The summed E-state index contributed by atoms with van der Waals surface area (Å²) in [5.74, 6) is 2.49. The third-order valence-electron chi connectivity index (χ3n) is 3.81. The highest BCUT2D eigenvalue weighted by Crippen LogP contribution is 2.30. The largest absolute Gasteiger partial charge is 0.490 e. The van der Waals surface area contributed by atoms with Crippen molar-refractivity contribution < 1.29 is 9.47 Å². The van der Waals surface area contributed by atoms with Crippen molar-refractivity contribution in [2.45, 2.75) is 38.5 Å². The number of nitrogens with zero attached hydrogens (tertiary/aromatic N) is 1. The predicted molar refractivity (Wildman–Crippen MR) is 102 cm³/mol. The van der Waals surface area contributed by atoms with Gasteiger partial charge in [-0.1, -0.05) is 6.07 Å². The minimum Gasteiger partial charge on any atom is -0.490 e. The van der Waals surface area contributed by atoms with Crippen LogP contribution < -0.4 is 20.1 Å². The highest BCUT2D eigenvalue weighted by atomic mass is 32.2. The molecule has 0 saturated heterocycles. The zero-order chi connectivity index (χ0) is 17.4. The van der Waals surface area contributed by atoms with Crippen molar-refractivity contribution in [3.05, 3.63) is 23.8 Å². The number of fused-ring (bicyclic) bond motifs is 1. The molecule has 2 rings (SSSR count). The van der Waals surface area contributed by atoms with E-state index in [0.29, 0.717) is 19.8 Å². The molecule has 0 aromatic heterocycles. The van der Waals surface area contributed by atoms with Gasteiger partial charge in [0.25, 0.3) is 0 Å². The first-order chi connectivity index (χ1) is 11.5. The second-order valence-corrected chi connectivity index (χ2v) is 7.86. The Balaban J connectivity index is 2.01. The maximum absolute atomic E-state index is 5.74. The van der Waals surface area contributed by atoms with Gasteiger partial charge in [0.05, 0.1) is 19.8 Å². The van der Waals surface area contributed by atoms with E-state index in [1.165, 1.54) is 0 Å². The SMILES string of the molecule is CCNC(=NCc1ccc2c(c1)OCCCO2)NCC(C)(C)SC. The van der Waals surface area contributed by atoms with Crippen molar-refractivity contribution in [3.8, 4) is 11.5 Å². The molecule has 0 bridgehead atoms. The number of rotatable bonds is 6. The first kappa shape index (κ1) is 18.8. The molecule has 0 spiro atoms. The van der Waals surface area contributed by atoms with E-state index < -0.39 is 0 Å². The molecule has 1 aliphatic heterocycles. The molecule has 0 unspecified atom stereocenters. The monoisotopic (exact) mass is 351 g/mol. The summed E-state index contributed by atoms with van der Waals surface area (Å²) in [7, 11) is 0. The summed E-state index contributed by atoms with van der Waals surface area (Å²) in [4.78, 5) is 4.68. The summed E-state index contributed by atoms with van der Waals surface area (Å²) < 4.78 is 11.6. The number of guanidine groups is 1. The van der Waals surface area contributed by atoms with E-state index in [2.05, 4.69) is 42.7 Å². The molecule has 2 N–H and O–H groups in total. The highest BCUT2D eigenvalue weighted by Gasteiger charge is 2.16. The van der Waals surface area contributed by atoms with Crippen LogP contribution >= 0.6 is 11.8 Å². The molecule has 0 fully saturated rings. The van der Waals surface area contributed by atoms with E-state index in [0.717, 1.165) is 42.5 Å². The zero-order valence-electron chi connectivity index (χ0n) is 15.1. The predicted octanol–water partition coefficient (Wildman–Crippen LogP) is 3.04. The Kier molecular flexibility index (Phi) is 7.09. The van der Waals surface area contributed by atoms with Gasteiger partial charge in [0, 0.05) is 24.3 Å². The quantitative estimate of drug-likeness (QED) is 0.609. The van der Waals surface area contributed by atoms with Crippen molar-refractivity contribution in [1.29, 1.82) is 0 Å². The first-order valence-electron chi connectivity index (χ1n) is 8.50. The summed E-state index contributed by atoms with van der Waals surface area (Å²) in [5, 5.41) is 6.71. The highest BCUT2D eigenvalue weighted by molar-refractivity contribution is 7.99. The molecule has 0 aliphatic carbocycles. The fourth-order valence-electron chi connectivity index (χ4n) is 2.19. The van der Waals surface area contributed by atoms with Crippen LogP contribution in [-0.2, 0) is 6.54 Å². The summed E-state index contributed by atoms with van der Waals surface area (Å²) >= 11 is 1.84. The summed E-state index contributed by atoms with van der Waals surface area (Å²) in [6.07, 6.45) is 3.05. The molecule has 1 heterocycles. The van der Waals surface area contributed by atoms with Gasteiger partial charge in [-0.3, -0.25) is 0 Å². The average Bonchev–Trinajstić information content (AvgIpc) is 2.82. The van der Waals surface area contributed by atoms with Crippen LogP contribution in [-0.4, -0.2) is 43.3 Å². The van der Waals surface area contributed by atoms with E-state index in [4.69, 9.17) is 9.47 Å². The van der Waals surface area contributed by atoms with Crippen LogP contribution in [0.2, 0.25) is 0 Å². The van der Waals surface area contributed by atoms with Gasteiger partial charge in [0.15, 0.2) is 17.5 Å². The van der Waals surface area contributed by atoms with Gasteiger partial charge in [0.2, 0.25) is 0 Å². The van der Waals surface area contributed by atoms with Crippen LogP contribution in [0.1, 0.15) is 32.8 Å². The van der Waals surface area contributed by atoms with E-state index in [1.807, 2.05) is 30.0 Å². The molecule has 1 aliphatic rings. The molecular weight excluding hydrogens is 322 g/mol. The zero-order valence-corrected chi connectivity index (χ0v) is 16.0. The lowest BCUT2D eigenvalue weighted by atomic mass is 10.2. The average molecular weight is 352 g/mol. The molecule has 0 saturated carbocycles. The van der Waals surface area contributed by atoms with Crippen LogP contribution in [0.25, 0.3) is 0 Å². The number of thioether (sulfide) groups is 1. The molecule has 1 aromatic carbocycles. The smallest absolute Gasteiger partial charge is 0.191 e. The minimum absolute atomic E-state index is 0.172. The van der Waals surface area contributed by atoms with Gasteiger partial charge in [0.1, 0.15) is 0 Å². The van der Waals surface area contributed by atoms with E-state index in [1.54, 1.807) is 0 Å². The van der Waals surface area contributed by atoms with E-state index in [9.17, 15) is 0 Å². The molecule has 5 nitrogen and oxygen atoms in total. The van der Waals surface area contributed by atoms with E-state index >= 15 is 0 Å². The topological polar surface area (TPSA) is 54.9 Å². The summed E-state index contributed by atoms with van der Waals surface area (Å²) in [5.41, 5.74) is 1.11.